The lowest BCUT2D eigenvalue weighted by molar-refractivity contribution is 0.568. The van der Waals surface area contributed by atoms with E-state index in [0.717, 1.165) is 11.3 Å². The van der Waals surface area contributed by atoms with Gasteiger partial charge in [-0.3, -0.25) is 0 Å². The van der Waals surface area contributed by atoms with Crippen LogP contribution in [-0.4, -0.2) is 4.98 Å². The van der Waals surface area contributed by atoms with E-state index in [1.807, 2.05) is 11.4 Å². The number of hydrogen-bond acceptors (Lipinski definition) is 3. The summed E-state index contributed by atoms with van der Waals surface area (Å²) in [4.78, 5) is 3.99. The SMILES string of the molecule is [c]1nc(-c2ccoc2)cs1. The summed E-state index contributed by atoms with van der Waals surface area (Å²) in [5, 5.41) is 1.94. The molecule has 0 aliphatic rings. The highest BCUT2D eigenvalue weighted by atomic mass is 32.1. The van der Waals surface area contributed by atoms with Crippen LogP contribution in [0, 0.1) is 5.51 Å². The van der Waals surface area contributed by atoms with Gasteiger partial charge in [0.2, 0.25) is 0 Å². The van der Waals surface area contributed by atoms with Crippen molar-refractivity contribution in [2.45, 2.75) is 0 Å². The number of aromatic nitrogens is 1. The Kier molecular flexibility index (Phi) is 1.29. The van der Waals surface area contributed by atoms with Gasteiger partial charge in [0.25, 0.3) is 0 Å². The lowest BCUT2D eigenvalue weighted by Gasteiger charge is -1.82. The van der Waals surface area contributed by atoms with Crippen LogP contribution in [0.2, 0.25) is 0 Å². The van der Waals surface area contributed by atoms with Crippen molar-refractivity contribution < 1.29 is 4.42 Å². The smallest absolute Gasteiger partial charge is 0.152 e. The number of furan rings is 1. The fraction of sp³-hybridized carbons (Fsp3) is 0. The van der Waals surface area contributed by atoms with Crippen LogP contribution in [0.3, 0.4) is 0 Å². The molecular formula is C7H4NOS. The van der Waals surface area contributed by atoms with E-state index in [1.54, 1.807) is 12.5 Å². The van der Waals surface area contributed by atoms with Crippen molar-refractivity contribution in [1.82, 2.24) is 4.98 Å². The third-order valence-corrected chi connectivity index (χ3v) is 1.74. The predicted molar refractivity (Wildman–Crippen MR) is 38.7 cm³/mol. The third kappa shape index (κ3) is 0.844. The largest absolute Gasteiger partial charge is 0.472 e. The van der Waals surface area contributed by atoms with Crippen LogP contribution >= 0.6 is 11.3 Å². The van der Waals surface area contributed by atoms with Gasteiger partial charge in [-0.2, -0.15) is 0 Å². The minimum absolute atomic E-state index is 0.929. The molecule has 0 amide bonds. The van der Waals surface area contributed by atoms with E-state index in [2.05, 4.69) is 10.5 Å². The minimum Gasteiger partial charge on any atom is -0.472 e. The molecule has 0 atom stereocenters. The normalized spacial score (nSPS) is 10.0. The molecule has 2 nitrogen and oxygen atoms in total. The molecule has 2 rings (SSSR count). The van der Waals surface area contributed by atoms with E-state index in [0.29, 0.717) is 0 Å². The van der Waals surface area contributed by atoms with Crippen LogP contribution in [0.1, 0.15) is 0 Å². The van der Waals surface area contributed by atoms with Crippen LogP contribution in [0.15, 0.2) is 28.4 Å². The van der Waals surface area contributed by atoms with Crippen molar-refractivity contribution in [1.29, 1.82) is 0 Å². The Morgan fingerprint density at radius 2 is 2.60 bits per heavy atom. The molecule has 0 saturated carbocycles. The second kappa shape index (κ2) is 2.27. The minimum atomic E-state index is 0.929. The molecule has 0 N–H and O–H groups in total. The summed E-state index contributed by atoms with van der Waals surface area (Å²) in [6.45, 7) is 0. The zero-order chi connectivity index (χ0) is 6.81. The fourth-order valence-corrected chi connectivity index (χ4v) is 1.23. The van der Waals surface area contributed by atoms with Gasteiger partial charge in [-0.05, 0) is 6.07 Å². The summed E-state index contributed by atoms with van der Waals surface area (Å²) < 4.78 is 4.89. The van der Waals surface area contributed by atoms with E-state index < -0.39 is 0 Å². The molecule has 3 heteroatoms. The van der Waals surface area contributed by atoms with Crippen molar-refractivity contribution >= 4 is 11.3 Å². The fourth-order valence-electron chi connectivity index (χ4n) is 0.727. The Hall–Kier alpha value is -1.09. The number of hydrogen-bond donors (Lipinski definition) is 0. The van der Waals surface area contributed by atoms with Gasteiger partial charge in [0, 0.05) is 10.9 Å². The molecule has 2 aromatic rings. The molecule has 0 fully saturated rings. The zero-order valence-electron chi connectivity index (χ0n) is 5.07. The van der Waals surface area contributed by atoms with Gasteiger partial charge in [-0.15, -0.1) is 11.3 Å². The van der Waals surface area contributed by atoms with Gasteiger partial charge >= 0.3 is 0 Å². The molecule has 0 aliphatic heterocycles. The molecule has 0 bridgehead atoms. The van der Waals surface area contributed by atoms with E-state index in [1.165, 1.54) is 11.3 Å². The molecule has 2 heterocycles. The Morgan fingerprint density at radius 3 is 3.20 bits per heavy atom. The van der Waals surface area contributed by atoms with Crippen LogP contribution < -0.4 is 0 Å². The van der Waals surface area contributed by atoms with Crippen molar-refractivity contribution in [3.8, 4) is 11.3 Å². The summed E-state index contributed by atoms with van der Waals surface area (Å²) in [6.07, 6.45) is 3.30. The summed E-state index contributed by atoms with van der Waals surface area (Å²) >= 11 is 1.46. The van der Waals surface area contributed by atoms with Crippen LogP contribution in [-0.2, 0) is 0 Å². The topological polar surface area (TPSA) is 26.0 Å². The van der Waals surface area contributed by atoms with Crippen LogP contribution in [0.5, 0.6) is 0 Å². The Morgan fingerprint density at radius 1 is 1.60 bits per heavy atom. The van der Waals surface area contributed by atoms with Gasteiger partial charge in [0.05, 0.1) is 18.2 Å². The molecule has 10 heavy (non-hydrogen) atoms. The second-order valence-electron chi connectivity index (χ2n) is 1.84. The highest BCUT2D eigenvalue weighted by Crippen LogP contribution is 2.17. The number of rotatable bonds is 1. The van der Waals surface area contributed by atoms with Gasteiger partial charge in [0.15, 0.2) is 5.51 Å². The highest BCUT2D eigenvalue weighted by molar-refractivity contribution is 7.07. The average Bonchev–Trinajstić information content (AvgIpc) is 2.59. The molecule has 0 aromatic carbocycles. The molecular weight excluding hydrogens is 146 g/mol. The monoisotopic (exact) mass is 150 g/mol. The third-order valence-electron chi connectivity index (χ3n) is 1.21. The maximum atomic E-state index is 4.89. The van der Waals surface area contributed by atoms with Crippen molar-refractivity contribution in [3.63, 3.8) is 0 Å². The van der Waals surface area contributed by atoms with E-state index in [4.69, 9.17) is 4.42 Å². The summed E-state index contributed by atoms with van der Waals surface area (Å²) in [5.41, 5.74) is 4.71. The lowest BCUT2D eigenvalue weighted by atomic mass is 10.3. The number of nitrogens with zero attached hydrogens (tertiary/aromatic N) is 1. The van der Waals surface area contributed by atoms with Crippen molar-refractivity contribution in [2.24, 2.45) is 0 Å². The first-order valence-corrected chi connectivity index (χ1v) is 3.69. The maximum Gasteiger partial charge on any atom is 0.152 e. The van der Waals surface area contributed by atoms with Gasteiger partial charge < -0.3 is 4.42 Å². The van der Waals surface area contributed by atoms with Gasteiger partial charge in [0.1, 0.15) is 0 Å². The maximum absolute atomic E-state index is 4.89. The quantitative estimate of drug-likeness (QED) is 0.622. The number of thiazole rings is 1. The van der Waals surface area contributed by atoms with Crippen molar-refractivity contribution in [2.75, 3.05) is 0 Å². The van der Waals surface area contributed by atoms with Gasteiger partial charge in [-0.25, -0.2) is 4.98 Å². The Labute approximate surface area is 62.1 Å². The van der Waals surface area contributed by atoms with Crippen LogP contribution in [0.25, 0.3) is 11.3 Å². The molecule has 0 unspecified atom stereocenters. The van der Waals surface area contributed by atoms with Crippen molar-refractivity contribution in [3.05, 3.63) is 29.5 Å². The molecule has 0 aliphatic carbocycles. The predicted octanol–water partition coefficient (Wildman–Crippen LogP) is 2.20. The second-order valence-corrected chi connectivity index (χ2v) is 2.49. The first-order chi connectivity index (χ1) is 4.97. The Balaban J connectivity index is 2.48. The van der Waals surface area contributed by atoms with Crippen LogP contribution in [0.4, 0.5) is 0 Å². The average molecular weight is 150 g/mol. The van der Waals surface area contributed by atoms with E-state index >= 15 is 0 Å². The molecule has 0 saturated heterocycles. The first-order valence-electron chi connectivity index (χ1n) is 2.81. The summed E-state index contributed by atoms with van der Waals surface area (Å²) in [6, 6.07) is 1.88. The molecule has 2 aromatic heterocycles. The Bertz CT molecular complexity index is 253. The van der Waals surface area contributed by atoms with E-state index in [9.17, 15) is 0 Å². The van der Waals surface area contributed by atoms with Gasteiger partial charge in [-0.1, -0.05) is 0 Å². The first kappa shape index (κ1) is 5.68. The van der Waals surface area contributed by atoms with E-state index in [-0.39, 0.29) is 0 Å². The molecule has 0 spiro atoms. The molecule has 49 valence electrons. The lowest BCUT2D eigenvalue weighted by Crippen LogP contribution is -1.68. The zero-order valence-corrected chi connectivity index (χ0v) is 5.89. The highest BCUT2D eigenvalue weighted by Gasteiger charge is 1.98. The standard InChI is InChI=1S/C7H4NOS/c1-2-9-3-6(1)7-4-10-5-8-7/h1-4H. The summed E-state index contributed by atoms with van der Waals surface area (Å²) in [7, 11) is 0. The summed E-state index contributed by atoms with van der Waals surface area (Å²) in [5.74, 6) is 0. The molecule has 1 radical (unpaired) electrons.